The monoisotopic (exact) mass is 434 g/mol. The quantitative estimate of drug-likeness (QED) is 0.535. The summed E-state index contributed by atoms with van der Waals surface area (Å²) in [6.45, 7) is 3.78. The van der Waals surface area contributed by atoms with Crippen molar-refractivity contribution in [3.05, 3.63) is 59.8 Å². The van der Waals surface area contributed by atoms with Crippen LogP contribution in [0.2, 0.25) is 0 Å². The summed E-state index contributed by atoms with van der Waals surface area (Å²) in [4.78, 5) is 25.2. The molecule has 0 radical (unpaired) electrons. The number of hydrogen-bond acceptors (Lipinski definition) is 5. The minimum atomic E-state index is -0.347. The van der Waals surface area contributed by atoms with Crippen LogP contribution in [0, 0.1) is 0 Å². The van der Waals surface area contributed by atoms with E-state index in [4.69, 9.17) is 4.74 Å². The molecular weight excluding hydrogens is 408 g/mol. The Morgan fingerprint density at radius 1 is 1.16 bits per heavy atom. The molecule has 1 aliphatic rings. The number of rotatable bonds is 6. The van der Waals surface area contributed by atoms with E-state index in [9.17, 15) is 14.7 Å². The lowest BCUT2D eigenvalue weighted by Crippen LogP contribution is -2.35. The topological polar surface area (TPSA) is 105 Å². The molecule has 8 heteroatoms. The Labute approximate surface area is 186 Å². The fourth-order valence-electron chi connectivity index (χ4n) is 3.52. The zero-order valence-corrected chi connectivity index (χ0v) is 18.3. The third kappa shape index (κ3) is 4.44. The third-order valence-electron chi connectivity index (χ3n) is 5.22. The van der Waals surface area contributed by atoms with E-state index in [0.717, 1.165) is 18.5 Å². The predicted octanol–water partition coefficient (Wildman–Crippen LogP) is 4.36. The maximum Gasteiger partial charge on any atom is 0.342 e. The molecule has 1 heterocycles. The first-order chi connectivity index (χ1) is 15.4. The highest BCUT2D eigenvalue weighted by molar-refractivity contribution is 6.06. The fourth-order valence-corrected chi connectivity index (χ4v) is 3.52. The number of ether oxygens (including phenoxy) is 1. The number of nitrogens with zero attached hydrogens (tertiary/aromatic N) is 2. The molecule has 2 aromatic carbocycles. The molecule has 166 valence electrons. The lowest BCUT2D eigenvalue weighted by molar-refractivity contribution is 0.102. The average Bonchev–Trinajstić information content (AvgIpc) is 3.51. The van der Waals surface area contributed by atoms with Gasteiger partial charge in [0.25, 0.3) is 5.91 Å². The number of carbonyl (C=O) groups is 2. The Balaban J connectivity index is 1.58. The van der Waals surface area contributed by atoms with Crippen molar-refractivity contribution in [3.8, 4) is 22.8 Å². The van der Waals surface area contributed by atoms with Gasteiger partial charge in [-0.15, -0.1) is 0 Å². The molecule has 0 aliphatic heterocycles. The second-order valence-corrected chi connectivity index (χ2v) is 8.13. The van der Waals surface area contributed by atoms with Gasteiger partial charge in [-0.3, -0.25) is 4.79 Å². The number of aromatic nitrogens is 2. The molecule has 1 saturated carbocycles. The van der Waals surface area contributed by atoms with Crippen molar-refractivity contribution in [2.75, 3.05) is 12.4 Å². The molecule has 0 bridgehead atoms. The van der Waals surface area contributed by atoms with Crippen LogP contribution in [0.5, 0.6) is 11.5 Å². The highest BCUT2D eigenvalue weighted by Gasteiger charge is 2.31. The zero-order chi connectivity index (χ0) is 22.8. The Morgan fingerprint density at radius 3 is 2.56 bits per heavy atom. The number of phenols is 1. The third-order valence-corrected chi connectivity index (χ3v) is 5.22. The van der Waals surface area contributed by atoms with E-state index in [0.29, 0.717) is 34.2 Å². The molecule has 1 aliphatic carbocycles. The van der Waals surface area contributed by atoms with Gasteiger partial charge in [-0.1, -0.05) is 12.1 Å². The Hall–Kier alpha value is -3.81. The normalized spacial score (nSPS) is 13.1. The van der Waals surface area contributed by atoms with Crippen molar-refractivity contribution in [2.45, 2.75) is 38.6 Å². The largest absolute Gasteiger partial charge is 0.507 e. The minimum Gasteiger partial charge on any atom is -0.507 e. The maximum atomic E-state index is 12.6. The number of nitrogens with one attached hydrogen (secondary N) is 2. The van der Waals surface area contributed by atoms with Crippen LogP contribution >= 0.6 is 0 Å². The SMILES string of the molecule is COc1ccccc1C(=O)Nc1ccc(-c2cc(C3CC3)n(C(=O)NC(C)C)n2)c(O)c1. The van der Waals surface area contributed by atoms with Crippen LogP contribution in [-0.2, 0) is 0 Å². The van der Waals surface area contributed by atoms with Gasteiger partial charge in [-0.2, -0.15) is 9.78 Å². The van der Waals surface area contributed by atoms with Gasteiger partial charge in [0.1, 0.15) is 11.5 Å². The summed E-state index contributed by atoms with van der Waals surface area (Å²) in [5, 5.41) is 20.7. The first kappa shape index (κ1) is 21.4. The van der Waals surface area contributed by atoms with Crippen LogP contribution in [-0.4, -0.2) is 40.0 Å². The van der Waals surface area contributed by atoms with Gasteiger partial charge in [-0.25, -0.2) is 4.79 Å². The van der Waals surface area contributed by atoms with Gasteiger partial charge < -0.3 is 20.5 Å². The smallest absolute Gasteiger partial charge is 0.342 e. The van der Waals surface area contributed by atoms with Crippen molar-refractivity contribution in [3.63, 3.8) is 0 Å². The van der Waals surface area contributed by atoms with Crippen LogP contribution in [0.4, 0.5) is 10.5 Å². The fraction of sp³-hybridized carbons (Fsp3) is 0.292. The second kappa shape index (κ2) is 8.74. The van der Waals surface area contributed by atoms with E-state index >= 15 is 0 Å². The first-order valence-corrected chi connectivity index (χ1v) is 10.6. The summed E-state index contributed by atoms with van der Waals surface area (Å²) in [5.41, 5.74) is 2.65. The first-order valence-electron chi connectivity index (χ1n) is 10.6. The van der Waals surface area contributed by atoms with Gasteiger partial charge in [0.05, 0.1) is 24.1 Å². The number of methoxy groups -OCH3 is 1. The van der Waals surface area contributed by atoms with Gasteiger partial charge in [0.2, 0.25) is 0 Å². The number of anilines is 1. The van der Waals surface area contributed by atoms with Gasteiger partial charge in [0, 0.05) is 29.3 Å². The Morgan fingerprint density at radius 2 is 1.91 bits per heavy atom. The molecule has 32 heavy (non-hydrogen) atoms. The summed E-state index contributed by atoms with van der Waals surface area (Å²) >= 11 is 0. The van der Waals surface area contributed by atoms with Crippen molar-refractivity contribution >= 4 is 17.6 Å². The van der Waals surface area contributed by atoms with Crippen LogP contribution in [0.3, 0.4) is 0 Å². The van der Waals surface area contributed by atoms with Crippen molar-refractivity contribution < 1.29 is 19.4 Å². The number of aromatic hydroxyl groups is 1. The molecule has 0 saturated heterocycles. The molecule has 2 amide bonds. The van der Waals surface area contributed by atoms with E-state index < -0.39 is 0 Å². The molecule has 8 nitrogen and oxygen atoms in total. The number of phenolic OH excluding ortho intramolecular Hbond substituents is 1. The number of carbonyl (C=O) groups excluding carboxylic acids is 2. The highest BCUT2D eigenvalue weighted by atomic mass is 16.5. The summed E-state index contributed by atoms with van der Waals surface area (Å²) in [6, 6.07) is 13.3. The van der Waals surface area contributed by atoms with Crippen LogP contribution in [0.15, 0.2) is 48.5 Å². The molecule has 1 fully saturated rings. The van der Waals surface area contributed by atoms with Crippen LogP contribution < -0.4 is 15.4 Å². The summed E-state index contributed by atoms with van der Waals surface area (Å²) in [7, 11) is 1.50. The Kier molecular flexibility index (Phi) is 5.85. The molecule has 4 rings (SSSR count). The summed E-state index contributed by atoms with van der Waals surface area (Å²) in [6.07, 6.45) is 2.03. The van der Waals surface area contributed by atoms with Gasteiger partial charge >= 0.3 is 6.03 Å². The predicted molar refractivity (Wildman–Crippen MR) is 121 cm³/mol. The molecule has 0 unspecified atom stereocenters. The minimum absolute atomic E-state index is 0.0123. The second-order valence-electron chi connectivity index (χ2n) is 8.13. The van der Waals surface area contributed by atoms with Gasteiger partial charge in [0.15, 0.2) is 0 Å². The van der Waals surface area contributed by atoms with Crippen molar-refractivity contribution in [2.24, 2.45) is 0 Å². The number of para-hydroxylation sites is 1. The molecule has 0 spiro atoms. The Bertz CT molecular complexity index is 1160. The summed E-state index contributed by atoms with van der Waals surface area (Å²) < 4.78 is 6.63. The molecule has 1 aromatic heterocycles. The highest BCUT2D eigenvalue weighted by Crippen LogP contribution is 2.42. The number of hydrogen-bond donors (Lipinski definition) is 3. The zero-order valence-electron chi connectivity index (χ0n) is 18.3. The lowest BCUT2D eigenvalue weighted by atomic mass is 10.1. The molecule has 3 aromatic rings. The lowest BCUT2D eigenvalue weighted by Gasteiger charge is -2.11. The number of benzene rings is 2. The number of amides is 2. The van der Waals surface area contributed by atoms with E-state index in [2.05, 4.69) is 15.7 Å². The maximum absolute atomic E-state index is 12.6. The van der Waals surface area contributed by atoms with E-state index in [1.807, 2.05) is 19.9 Å². The van der Waals surface area contributed by atoms with E-state index in [-0.39, 0.29) is 23.7 Å². The molecular formula is C24H26N4O4. The van der Waals surface area contributed by atoms with Crippen molar-refractivity contribution in [1.82, 2.24) is 15.1 Å². The van der Waals surface area contributed by atoms with Gasteiger partial charge in [-0.05, 0) is 57.0 Å². The van der Waals surface area contributed by atoms with E-state index in [1.54, 1.807) is 36.4 Å². The van der Waals surface area contributed by atoms with Crippen molar-refractivity contribution in [1.29, 1.82) is 0 Å². The van der Waals surface area contributed by atoms with Crippen LogP contribution in [0.1, 0.15) is 48.7 Å². The summed E-state index contributed by atoms with van der Waals surface area (Å²) in [5.74, 6) is 0.374. The molecule has 3 N–H and O–H groups in total. The molecule has 0 atom stereocenters. The van der Waals surface area contributed by atoms with E-state index in [1.165, 1.54) is 17.9 Å². The van der Waals surface area contributed by atoms with Crippen LogP contribution in [0.25, 0.3) is 11.3 Å². The average molecular weight is 434 g/mol. The standard InChI is InChI=1S/C24H26N4O4/c1-14(2)25-24(31)28-20(15-8-9-15)13-19(27-28)17-11-10-16(12-21(17)29)26-23(30)18-6-4-5-7-22(18)32-3/h4-7,10-15,29H,8-9H2,1-3H3,(H,25,31)(H,26,30).